The zero-order valence-electron chi connectivity index (χ0n) is 19.0. The van der Waals surface area contributed by atoms with Gasteiger partial charge in [-0.3, -0.25) is 14.3 Å². The molecule has 174 valence electrons. The summed E-state index contributed by atoms with van der Waals surface area (Å²) in [4.78, 5) is 31.3. The predicted octanol–water partition coefficient (Wildman–Crippen LogP) is 4.83. The van der Waals surface area contributed by atoms with Crippen molar-refractivity contribution < 1.29 is 9.13 Å². The zero-order chi connectivity index (χ0) is 24.0. The van der Waals surface area contributed by atoms with Crippen molar-refractivity contribution in [2.24, 2.45) is 7.05 Å². The highest BCUT2D eigenvalue weighted by atomic mass is 35.5. The molecule has 34 heavy (non-hydrogen) atoms. The molecule has 9 heteroatoms. The number of pyridine rings is 1. The molecule has 0 spiro atoms. The molecule has 0 unspecified atom stereocenters. The highest BCUT2D eigenvalue weighted by molar-refractivity contribution is 6.30. The number of fused-ring (bicyclic) bond motifs is 1. The van der Waals surface area contributed by atoms with Crippen molar-refractivity contribution in [2.45, 2.75) is 38.7 Å². The molecule has 1 saturated heterocycles. The Morgan fingerprint density at radius 3 is 2.71 bits per heavy atom. The first-order chi connectivity index (χ1) is 16.3. The van der Waals surface area contributed by atoms with E-state index in [4.69, 9.17) is 21.3 Å². The number of halogens is 2. The smallest absolute Gasteiger partial charge is 0.279 e. The molecular weight excluding hydrogens is 457 g/mol. The van der Waals surface area contributed by atoms with Crippen LogP contribution in [0, 0.1) is 19.7 Å². The molecule has 1 aliphatic heterocycles. The summed E-state index contributed by atoms with van der Waals surface area (Å²) in [6.07, 6.45) is 2.95. The third-order valence-electron chi connectivity index (χ3n) is 6.30. The van der Waals surface area contributed by atoms with Crippen molar-refractivity contribution in [3.8, 4) is 11.3 Å². The molecular formula is C25H23ClFN5O2. The monoisotopic (exact) mass is 479 g/mol. The van der Waals surface area contributed by atoms with Crippen LogP contribution in [0.15, 0.2) is 41.3 Å². The van der Waals surface area contributed by atoms with Crippen molar-refractivity contribution in [3.63, 3.8) is 0 Å². The van der Waals surface area contributed by atoms with Crippen LogP contribution in [0.1, 0.15) is 47.8 Å². The molecule has 0 bridgehead atoms. The van der Waals surface area contributed by atoms with E-state index in [1.54, 1.807) is 32.3 Å². The minimum absolute atomic E-state index is 0.0725. The second-order valence-corrected chi connectivity index (χ2v) is 9.02. The Balaban J connectivity index is 1.66. The highest BCUT2D eigenvalue weighted by Crippen LogP contribution is 2.38. The third kappa shape index (κ3) is 4.08. The predicted molar refractivity (Wildman–Crippen MR) is 127 cm³/mol. The maximum Gasteiger partial charge on any atom is 0.279 e. The minimum Gasteiger partial charge on any atom is -0.373 e. The van der Waals surface area contributed by atoms with Gasteiger partial charge in [0.15, 0.2) is 5.52 Å². The standard InChI is InChI=1S/C25H23ClFN5O2/c1-13-10-15(6-8-28-13)20-11-16(7-9-34-20)24-30-21(18-5-4-17(26)12-19(18)27)22-23(31-24)25(33)32(3)14(2)29-22/h4-6,8,10,12,16,20H,7,9,11H2,1-3H3/t16-,20-/m0/s1. The van der Waals surface area contributed by atoms with Gasteiger partial charge in [0, 0.05) is 42.0 Å². The molecule has 0 saturated carbocycles. The van der Waals surface area contributed by atoms with Crippen LogP contribution in [0.5, 0.6) is 0 Å². The molecule has 2 atom stereocenters. The largest absolute Gasteiger partial charge is 0.373 e. The Morgan fingerprint density at radius 2 is 1.94 bits per heavy atom. The quantitative estimate of drug-likeness (QED) is 0.418. The molecule has 0 aliphatic carbocycles. The summed E-state index contributed by atoms with van der Waals surface area (Å²) in [5.74, 6) is 0.370. The number of nitrogens with zero attached hydrogens (tertiary/aromatic N) is 5. The van der Waals surface area contributed by atoms with Gasteiger partial charge in [-0.1, -0.05) is 11.6 Å². The summed E-state index contributed by atoms with van der Waals surface area (Å²) < 4.78 is 22.4. The van der Waals surface area contributed by atoms with Gasteiger partial charge >= 0.3 is 0 Å². The topological polar surface area (TPSA) is 82.8 Å². The average Bonchev–Trinajstić information content (AvgIpc) is 2.82. The first-order valence-corrected chi connectivity index (χ1v) is 11.4. The Labute approximate surface area is 200 Å². The third-order valence-corrected chi connectivity index (χ3v) is 6.53. The highest BCUT2D eigenvalue weighted by Gasteiger charge is 2.29. The van der Waals surface area contributed by atoms with Crippen LogP contribution in [0.25, 0.3) is 22.3 Å². The number of ether oxygens (including phenoxy) is 1. The van der Waals surface area contributed by atoms with Gasteiger partial charge in [-0.25, -0.2) is 19.3 Å². The van der Waals surface area contributed by atoms with Gasteiger partial charge < -0.3 is 4.74 Å². The van der Waals surface area contributed by atoms with Crippen molar-refractivity contribution >= 4 is 22.6 Å². The molecule has 3 aromatic heterocycles. The van der Waals surface area contributed by atoms with Gasteiger partial charge in [0.05, 0.1) is 6.10 Å². The van der Waals surface area contributed by atoms with Crippen molar-refractivity contribution in [3.05, 3.63) is 80.6 Å². The summed E-state index contributed by atoms with van der Waals surface area (Å²) in [7, 11) is 1.64. The molecule has 5 rings (SSSR count). The Bertz CT molecular complexity index is 1470. The van der Waals surface area contributed by atoms with Crippen molar-refractivity contribution in [1.82, 2.24) is 24.5 Å². The van der Waals surface area contributed by atoms with Crippen LogP contribution in [0.4, 0.5) is 4.39 Å². The molecule has 0 N–H and O–H groups in total. The molecule has 1 aliphatic rings. The summed E-state index contributed by atoms with van der Waals surface area (Å²) in [5, 5.41) is 0.278. The summed E-state index contributed by atoms with van der Waals surface area (Å²) in [6.45, 7) is 4.18. The molecule has 4 heterocycles. The van der Waals surface area contributed by atoms with Crippen LogP contribution in [0.3, 0.4) is 0 Å². The van der Waals surface area contributed by atoms with E-state index in [0.717, 1.165) is 11.3 Å². The van der Waals surface area contributed by atoms with Crippen molar-refractivity contribution in [1.29, 1.82) is 0 Å². The van der Waals surface area contributed by atoms with Crippen LogP contribution in [-0.4, -0.2) is 31.1 Å². The fraction of sp³-hybridized carbons (Fsp3) is 0.320. The van der Waals surface area contributed by atoms with E-state index in [2.05, 4.69) is 15.0 Å². The van der Waals surface area contributed by atoms with E-state index in [9.17, 15) is 9.18 Å². The van der Waals surface area contributed by atoms with E-state index < -0.39 is 5.82 Å². The molecule has 1 fully saturated rings. The van der Waals surface area contributed by atoms with E-state index in [1.165, 1.54) is 10.6 Å². The van der Waals surface area contributed by atoms with E-state index in [1.807, 2.05) is 19.1 Å². The average molecular weight is 480 g/mol. The summed E-state index contributed by atoms with van der Waals surface area (Å²) in [5.41, 5.74) is 2.62. The second-order valence-electron chi connectivity index (χ2n) is 8.59. The normalized spacial score (nSPS) is 18.4. The molecule has 0 amide bonds. The van der Waals surface area contributed by atoms with Crippen LogP contribution < -0.4 is 5.56 Å². The van der Waals surface area contributed by atoms with Gasteiger partial charge in [-0.15, -0.1) is 0 Å². The Hall–Kier alpha value is -3.23. The molecule has 4 aromatic rings. The number of benzene rings is 1. The van der Waals surface area contributed by atoms with Crippen LogP contribution >= 0.6 is 11.6 Å². The SMILES string of the molecule is Cc1cc([C@@H]2C[C@@H](c3nc(-c4ccc(Cl)cc4F)c4nc(C)n(C)c(=O)c4n3)CCO2)ccn1. The molecule has 7 nitrogen and oxygen atoms in total. The maximum absolute atomic E-state index is 15.0. The van der Waals surface area contributed by atoms with Crippen LogP contribution in [-0.2, 0) is 11.8 Å². The number of hydrogen-bond acceptors (Lipinski definition) is 6. The van der Waals surface area contributed by atoms with Gasteiger partial charge in [0.25, 0.3) is 5.56 Å². The molecule has 1 aromatic carbocycles. The lowest BCUT2D eigenvalue weighted by Gasteiger charge is -2.29. The van der Waals surface area contributed by atoms with Crippen LogP contribution in [0.2, 0.25) is 5.02 Å². The number of aryl methyl sites for hydroxylation is 2. The van der Waals surface area contributed by atoms with E-state index in [-0.39, 0.29) is 44.9 Å². The lowest BCUT2D eigenvalue weighted by Crippen LogP contribution is -2.25. The van der Waals surface area contributed by atoms with Gasteiger partial charge in [-0.05, 0) is 62.6 Å². The summed E-state index contributed by atoms with van der Waals surface area (Å²) >= 11 is 5.97. The first-order valence-electron chi connectivity index (χ1n) is 11.1. The fourth-order valence-corrected chi connectivity index (χ4v) is 4.51. The number of aromatic nitrogens is 5. The lowest BCUT2D eigenvalue weighted by molar-refractivity contribution is 0.00394. The zero-order valence-corrected chi connectivity index (χ0v) is 19.8. The second kappa shape index (κ2) is 8.85. The van der Waals surface area contributed by atoms with Gasteiger partial charge in [0.1, 0.15) is 28.7 Å². The summed E-state index contributed by atoms with van der Waals surface area (Å²) in [6, 6.07) is 8.33. The van der Waals surface area contributed by atoms with Crippen molar-refractivity contribution in [2.75, 3.05) is 6.61 Å². The first kappa shape index (κ1) is 22.6. The van der Waals surface area contributed by atoms with E-state index >= 15 is 0 Å². The number of rotatable bonds is 3. The Kier molecular flexibility index (Phi) is 5.87. The fourth-order valence-electron chi connectivity index (χ4n) is 4.35. The van der Waals surface area contributed by atoms with Gasteiger partial charge in [0.2, 0.25) is 0 Å². The minimum atomic E-state index is -0.532. The number of hydrogen-bond donors (Lipinski definition) is 0. The lowest BCUT2D eigenvalue weighted by atomic mass is 9.91. The van der Waals surface area contributed by atoms with Gasteiger partial charge in [-0.2, -0.15) is 0 Å². The molecule has 0 radical (unpaired) electrons. The maximum atomic E-state index is 15.0. The Morgan fingerprint density at radius 1 is 1.12 bits per heavy atom. The van der Waals surface area contributed by atoms with E-state index in [0.29, 0.717) is 31.1 Å².